The predicted octanol–water partition coefficient (Wildman–Crippen LogP) is 4.09. The molecule has 0 saturated carbocycles. The molecule has 2 rings (SSSR count). The minimum Gasteiger partial charge on any atom is -0.478 e. The first-order chi connectivity index (χ1) is 11.2. The van der Waals surface area contributed by atoms with Gasteiger partial charge in [-0.3, -0.25) is 0 Å². The van der Waals surface area contributed by atoms with Crippen LogP contribution in [0.1, 0.15) is 58.8 Å². The summed E-state index contributed by atoms with van der Waals surface area (Å²) in [5, 5.41) is 9.05. The third kappa shape index (κ3) is 3.98. The van der Waals surface area contributed by atoms with Crippen LogP contribution in [0.2, 0.25) is 0 Å². The maximum Gasteiger partial charge on any atom is 0.525 e. The minimum atomic E-state index is -1.06. The molecular weight excluding hydrogens is 324 g/mol. The molecule has 0 unspecified atom stereocenters. The molecule has 0 atom stereocenters. The minimum absolute atomic E-state index is 0.171. The summed E-state index contributed by atoms with van der Waals surface area (Å²) in [6, 6.07) is 1.50. The largest absolute Gasteiger partial charge is 0.525 e. The lowest BCUT2D eigenvalue weighted by atomic mass is 9.76. The highest BCUT2D eigenvalue weighted by Crippen LogP contribution is 2.41. The van der Waals surface area contributed by atoms with Crippen molar-refractivity contribution in [2.45, 2.75) is 66.2 Å². The molecule has 2 heterocycles. The van der Waals surface area contributed by atoms with Crippen molar-refractivity contribution in [1.29, 1.82) is 0 Å². The lowest BCUT2D eigenvalue weighted by Gasteiger charge is -2.32. The number of halogens is 1. The first-order valence-corrected chi connectivity index (χ1v) is 8.38. The van der Waals surface area contributed by atoms with Gasteiger partial charge in [-0.05, 0) is 44.7 Å². The highest BCUT2D eigenvalue weighted by Gasteiger charge is 2.54. The molecule has 7 heteroatoms. The Kier molecular flexibility index (Phi) is 4.96. The maximum absolute atomic E-state index is 15.3. The van der Waals surface area contributed by atoms with E-state index < -0.39 is 35.4 Å². The molecule has 0 aliphatic carbocycles. The van der Waals surface area contributed by atoms with Crippen LogP contribution < -0.4 is 0 Å². The molecule has 0 aromatic carbocycles. The van der Waals surface area contributed by atoms with E-state index in [1.807, 2.05) is 48.5 Å². The van der Waals surface area contributed by atoms with Crippen molar-refractivity contribution in [3.8, 4) is 0 Å². The number of allylic oxidation sites excluding steroid dienone is 1. The number of nitrogens with zero attached hydrogens (tertiary/aromatic N) is 1. The molecule has 1 N–H and O–H groups in total. The van der Waals surface area contributed by atoms with Crippen LogP contribution in [0.25, 0.3) is 0 Å². The van der Waals surface area contributed by atoms with Crippen LogP contribution >= 0.6 is 0 Å². The van der Waals surface area contributed by atoms with Crippen LogP contribution in [0.4, 0.5) is 4.39 Å². The maximum atomic E-state index is 15.3. The van der Waals surface area contributed by atoms with E-state index in [0.29, 0.717) is 5.57 Å². The Hall–Kier alpha value is -1.60. The summed E-state index contributed by atoms with van der Waals surface area (Å²) < 4.78 is 28.6. The summed E-state index contributed by atoms with van der Waals surface area (Å²) >= 11 is 0. The smallest absolute Gasteiger partial charge is 0.478 e. The summed E-state index contributed by atoms with van der Waals surface area (Å²) in [4.78, 5) is 11.0. The zero-order valence-corrected chi connectivity index (χ0v) is 16.0. The number of carboxylic acid groups (broad SMARTS) is 1. The van der Waals surface area contributed by atoms with Crippen LogP contribution in [0.5, 0.6) is 0 Å². The highest BCUT2D eigenvalue weighted by atomic mass is 19.1. The topological polar surface area (TPSA) is 60.7 Å². The van der Waals surface area contributed by atoms with E-state index in [1.165, 1.54) is 12.3 Å². The van der Waals surface area contributed by atoms with Crippen molar-refractivity contribution >= 4 is 13.1 Å². The Bertz CT molecular complexity index is 684. The molecule has 0 radical (unpaired) electrons. The first-order valence-electron chi connectivity index (χ1n) is 8.38. The van der Waals surface area contributed by atoms with Crippen LogP contribution in [-0.2, 0) is 15.9 Å². The van der Waals surface area contributed by atoms with E-state index in [-0.39, 0.29) is 12.1 Å². The second kappa shape index (κ2) is 6.29. The molecule has 0 spiro atoms. The van der Waals surface area contributed by atoms with Gasteiger partial charge < -0.3 is 19.0 Å². The molecule has 5 nitrogen and oxygen atoms in total. The van der Waals surface area contributed by atoms with Crippen molar-refractivity contribution in [3.05, 3.63) is 35.3 Å². The molecule has 0 bridgehead atoms. The molecule has 1 aromatic rings. The van der Waals surface area contributed by atoms with Gasteiger partial charge >= 0.3 is 13.1 Å². The second-order valence-electron chi connectivity index (χ2n) is 8.54. The van der Waals surface area contributed by atoms with Gasteiger partial charge in [-0.15, -0.1) is 0 Å². The molecule has 138 valence electrons. The van der Waals surface area contributed by atoms with Crippen LogP contribution in [0, 0.1) is 5.41 Å². The van der Waals surface area contributed by atoms with Gasteiger partial charge in [0.05, 0.1) is 16.8 Å². The van der Waals surface area contributed by atoms with E-state index in [1.54, 1.807) is 10.8 Å². The lowest BCUT2D eigenvalue weighted by molar-refractivity contribution is 0.00578. The average molecular weight is 351 g/mol. The number of hydrogen-bond acceptors (Lipinski definition) is 3. The van der Waals surface area contributed by atoms with E-state index in [9.17, 15) is 4.79 Å². The Labute approximate surface area is 149 Å². The van der Waals surface area contributed by atoms with Gasteiger partial charge in [-0.2, -0.15) is 0 Å². The first kappa shape index (κ1) is 19.7. The van der Waals surface area contributed by atoms with Crippen molar-refractivity contribution in [2.24, 2.45) is 5.41 Å². The van der Waals surface area contributed by atoms with Crippen molar-refractivity contribution in [1.82, 2.24) is 4.57 Å². The predicted molar refractivity (Wildman–Crippen MR) is 95.1 cm³/mol. The molecule has 1 saturated heterocycles. The van der Waals surface area contributed by atoms with Crippen molar-refractivity contribution in [2.75, 3.05) is 0 Å². The lowest BCUT2D eigenvalue weighted by Crippen LogP contribution is -2.41. The van der Waals surface area contributed by atoms with Crippen LogP contribution in [0.15, 0.2) is 29.8 Å². The Morgan fingerprint density at radius 1 is 1.24 bits per heavy atom. The fourth-order valence-corrected chi connectivity index (χ4v) is 2.61. The number of aromatic nitrogens is 1. The molecule has 25 heavy (non-hydrogen) atoms. The van der Waals surface area contributed by atoms with Gasteiger partial charge in [0.15, 0.2) is 0 Å². The number of carbonyl (C=O) groups is 1. The Morgan fingerprint density at radius 2 is 1.76 bits per heavy atom. The molecular formula is C18H27BFNO4. The number of carboxylic acids is 1. The van der Waals surface area contributed by atoms with E-state index >= 15 is 4.39 Å². The molecule has 1 fully saturated rings. The van der Waals surface area contributed by atoms with Crippen molar-refractivity contribution < 1.29 is 23.6 Å². The highest BCUT2D eigenvalue weighted by molar-refractivity contribution is 6.53. The van der Waals surface area contributed by atoms with Gasteiger partial charge in [0, 0.05) is 18.9 Å². The number of hydrogen-bond donors (Lipinski definition) is 1. The Morgan fingerprint density at radius 3 is 2.16 bits per heavy atom. The fourth-order valence-electron chi connectivity index (χ4n) is 2.61. The molecule has 0 amide bonds. The zero-order valence-electron chi connectivity index (χ0n) is 16.0. The van der Waals surface area contributed by atoms with Crippen LogP contribution in [-0.4, -0.2) is 34.0 Å². The zero-order chi connectivity index (χ0) is 19.2. The van der Waals surface area contributed by atoms with Crippen LogP contribution in [0.3, 0.4) is 0 Å². The number of rotatable bonds is 4. The third-order valence-electron chi connectivity index (χ3n) is 4.99. The van der Waals surface area contributed by atoms with E-state index in [4.69, 9.17) is 14.4 Å². The average Bonchev–Trinajstić information content (AvgIpc) is 2.97. The SMILES string of the molecule is CC(C)(C)C(Cn1ccc(C(=O)O)c1)=C(F)B1OC(C)(C)C(C)(C)O1. The van der Waals surface area contributed by atoms with Gasteiger partial charge in [-0.25, -0.2) is 9.18 Å². The second-order valence-corrected chi connectivity index (χ2v) is 8.54. The molecule has 1 aromatic heterocycles. The normalized spacial score (nSPS) is 20.6. The van der Waals surface area contributed by atoms with Gasteiger partial charge in [0.25, 0.3) is 0 Å². The summed E-state index contributed by atoms with van der Waals surface area (Å²) in [6.45, 7) is 13.5. The summed E-state index contributed by atoms with van der Waals surface area (Å²) in [7, 11) is -1.06. The van der Waals surface area contributed by atoms with Crippen molar-refractivity contribution in [3.63, 3.8) is 0 Å². The van der Waals surface area contributed by atoms with Gasteiger partial charge in [-0.1, -0.05) is 20.8 Å². The summed E-state index contributed by atoms with van der Waals surface area (Å²) in [6.07, 6.45) is 3.12. The van der Waals surface area contributed by atoms with E-state index in [0.717, 1.165) is 0 Å². The molecule has 1 aliphatic heterocycles. The third-order valence-corrected chi connectivity index (χ3v) is 4.99. The van der Waals surface area contributed by atoms with E-state index in [2.05, 4.69) is 0 Å². The monoisotopic (exact) mass is 351 g/mol. The summed E-state index contributed by atoms with van der Waals surface area (Å²) in [5.74, 6) is -1.01. The Balaban J connectivity index is 2.36. The summed E-state index contributed by atoms with van der Waals surface area (Å²) in [5.41, 5.74) is -1.48. The number of aromatic carboxylic acids is 1. The van der Waals surface area contributed by atoms with Gasteiger partial charge in [0.2, 0.25) is 0 Å². The quantitative estimate of drug-likeness (QED) is 0.830. The standard InChI is InChI=1S/C18H27BFNO4/c1-16(2,3)13(11-21-9-8-12(10-21)15(22)23)14(20)19-24-17(4,5)18(6,7)25-19/h8-10H,11H2,1-7H3,(H,22,23). The van der Waals surface area contributed by atoms with Gasteiger partial charge in [0.1, 0.15) is 5.73 Å². The molecule has 1 aliphatic rings. The fraction of sp³-hybridized carbons (Fsp3) is 0.611.